The Morgan fingerprint density at radius 2 is 2.00 bits per heavy atom. The number of terminal acetylenes is 1. The molecule has 1 aromatic carbocycles. The average Bonchev–Trinajstić information content (AvgIpc) is 2.31. The Hall–Kier alpha value is -1.26. The molecule has 0 aliphatic heterocycles. The molecular weight excluding hydrogens is 182 g/mol. The Bertz CT molecular complexity index is 310. The molecule has 1 N–H and O–H groups in total. The van der Waals surface area contributed by atoms with Gasteiger partial charge in [0, 0.05) is 6.54 Å². The van der Waals surface area contributed by atoms with Crippen molar-refractivity contribution in [2.45, 2.75) is 32.2 Å². The summed E-state index contributed by atoms with van der Waals surface area (Å²) in [5.74, 6) is 3.26. The first kappa shape index (κ1) is 11.8. The van der Waals surface area contributed by atoms with Crippen LogP contribution in [0, 0.1) is 12.3 Å². The monoisotopic (exact) mass is 201 g/mol. The highest BCUT2D eigenvalue weighted by molar-refractivity contribution is 5.19. The molecule has 1 rings (SSSR count). The summed E-state index contributed by atoms with van der Waals surface area (Å²) in [6, 6.07) is 10.7. The van der Waals surface area contributed by atoms with Crippen molar-refractivity contribution in [1.29, 1.82) is 0 Å². The van der Waals surface area contributed by atoms with E-state index in [0.717, 1.165) is 13.0 Å². The molecule has 0 aromatic heterocycles. The minimum absolute atomic E-state index is 0.205. The molecule has 0 spiro atoms. The molecule has 1 nitrogen and oxygen atoms in total. The van der Waals surface area contributed by atoms with Gasteiger partial charge in [-0.05, 0) is 17.9 Å². The quantitative estimate of drug-likeness (QED) is 0.722. The van der Waals surface area contributed by atoms with Crippen molar-refractivity contribution >= 4 is 0 Å². The summed E-state index contributed by atoms with van der Waals surface area (Å²) in [5.41, 5.74) is 1.36. The third-order valence-electron chi connectivity index (χ3n) is 2.65. The van der Waals surface area contributed by atoms with Crippen LogP contribution in [-0.2, 0) is 0 Å². The van der Waals surface area contributed by atoms with Crippen LogP contribution in [0.15, 0.2) is 30.3 Å². The number of nitrogens with one attached hydrogen (secondary N) is 1. The molecular formula is C14H19N. The van der Waals surface area contributed by atoms with E-state index in [2.05, 4.69) is 49.4 Å². The maximum absolute atomic E-state index is 5.40. The van der Waals surface area contributed by atoms with Crippen molar-refractivity contribution < 1.29 is 0 Å². The van der Waals surface area contributed by atoms with E-state index in [1.165, 1.54) is 5.56 Å². The van der Waals surface area contributed by atoms with Crippen LogP contribution in [0.25, 0.3) is 0 Å². The van der Waals surface area contributed by atoms with Crippen molar-refractivity contribution in [1.82, 2.24) is 5.32 Å². The lowest BCUT2D eigenvalue weighted by atomic mass is 10.0. The summed E-state index contributed by atoms with van der Waals surface area (Å²) in [4.78, 5) is 0. The van der Waals surface area contributed by atoms with Crippen LogP contribution in [0.4, 0.5) is 0 Å². The Morgan fingerprint density at radius 1 is 1.33 bits per heavy atom. The second-order valence-corrected chi connectivity index (χ2v) is 3.85. The third-order valence-corrected chi connectivity index (χ3v) is 2.65. The molecule has 2 unspecified atom stereocenters. The Balaban J connectivity index is 2.44. The van der Waals surface area contributed by atoms with Crippen molar-refractivity contribution in [2.75, 3.05) is 6.54 Å². The summed E-state index contributed by atoms with van der Waals surface area (Å²) in [5, 5.41) is 3.38. The first-order valence-corrected chi connectivity index (χ1v) is 5.52. The number of benzene rings is 1. The van der Waals surface area contributed by atoms with Gasteiger partial charge in [-0.3, -0.25) is 0 Å². The first-order valence-electron chi connectivity index (χ1n) is 5.52. The normalized spacial score (nSPS) is 14.2. The van der Waals surface area contributed by atoms with Gasteiger partial charge in [0.05, 0.1) is 6.04 Å². The van der Waals surface area contributed by atoms with Gasteiger partial charge >= 0.3 is 0 Å². The molecule has 0 heterocycles. The van der Waals surface area contributed by atoms with Gasteiger partial charge in [-0.1, -0.05) is 50.1 Å². The van der Waals surface area contributed by atoms with E-state index in [4.69, 9.17) is 6.42 Å². The zero-order valence-corrected chi connectivity index (χ0v) is 9.53. The lowest BCUT2D eigenvalue weighted by molar-refractivity contribution is 0.553. The van der Waals surface area contributed by atoms with Gasteiger partial charge in [-0.15, -0.1) is 6.42 Å². The molecule has 1 aromatic rings. The number of hydrogen-bond acceptors (Lipinski definition) is 1. The molecule has 0 saturated heterocycles. The molecule has 0 radical (unpaired) electrons. The molecule has 0 aliphatic carbocycles. The van der Waals surface area contributed by atoms with Crippen LogP contribution in [0.2, 0.25) is 0 Å². The second-order valence-electron chi connectivity index (χ2n) is 3.85. The van der Waals surface area contributed by atoms with Crippen LogP contribution >= 0.6 is 0 Å². The van der Waals surface area contributed by atoms with E-state index < -0.39 is 0 Å². The summed E-state index contributed by atoms with van der Waals surface area (Å²) >= 11 is 0. The maximum atomic E-state index is 5.40. The molecule has 80 valence electrons. The molecule has 0 fully saturated rings. The predicted octanol–water partition coefficient (Wildman–Crippen LogP) is 2.79. The Labute approximate surface area is 92.9 Å². The van der Waals surface area contributed by atoms with Gasteiger partial charge in [-0.2, -0.15) is 0 Å². The van der Waals surface area contributed by atoms with Crippen molar-refractivity contribution in [3.8, 4) is 12.3 Å². The van der Waals surface area contributed by atoms with Gasteiger partial charge < -0.3 is 5.32 Å². The number of hydrogen-bond donors (Lipinski definition) is 1. The fourth-order valence-electron chi connectivity index (χ4n) is 1.54. The fraction of sp³-hybridized carbons (Fsp3) is 0.429. The van der Waals surface area contributed by atoms with Crippen LogP contribution in [-0.4, -0.2) is 12.6 Å². The topological polar surface area (TPSA) is 12.0 Å². The van der Waals surface area contributed by atoms with Gasteiger partial charge in [0.2, 0.25) is 0 Å². The smallest absolute Gasteiger partial charge is 0.0684 e. The van der Waals surface area contributed by atoms with Crippen LogP contribution in [0.1, 0.15) is 31.7 Å². The summed E-state index contributed by atoms with van der Waals surface area (Å²) in [6.45, 7) is 5.25. The molecule has 2 atom stereocenters. The van der Waals surface area contributed by atoms with E-state index in [-0.39, 0.29) is 6.04 Å². The fourth-order valence-corrected chi connectivity index (χ4v) is 1.54. The Morgan fingerprint density at radius 3 is 2.53 bits per heavy atom. The molecule has 15 heavy (non-hydrogen) atoms. The zero-order valence-electron chi connectivity index (χ0n) is 9.53. The molecule has 0 bridgehead atoms. The van der Waals surface area contributed by atoms with E-state index in [9.17, 15) is 0 Å². The van der Waals surface area contributed by atoms with E-state index in [1.54, 1.807) is 0 Å². The zero-order chi connectivity index (χ0) is 11.1. The highest BCUT2D eigenvalue weighted by Gasteiger charge is 2.06. The standard InChI is InChI=1S/C14H19N/c1-4-14(5-2)15-11-12(3)13-9-7-6-8-10-13/h1,6-10,12,14-15H,5,11H2,2-3H3. The third kappa shape index (κ3) is 3.77. The van der Waals surface area contributed by atoms with E-state index in [1.807, 2.05) is 6.07 Å². The van der Waals surface area contributed by atoms with Crippen LogP contribution in [0.5, 0.6) is 0 Å². The maximum Gasteiger partial charge on any atom is 0.0684 e. The van der Waals surface area contributed by atoms with Crippen molar-refractivity contribution in [3.63, 3.8) is 0 Å². The minimum atomic E-state index is 0.205. The highest BCUT2D eigenvalue weighted by Crippen LogP contribution is 2.13. The summed E-state index contributed by atoms with van der Waals surface area (Å²) < 4.78 is 0. The van der Waals surface area contributed by atoms with Gasteiger partial charge in [-0.25, -0.2) is 0 Å². The predicted molar refractivity (Wildman–Crippen MR) is 65.8 cm³/mol. The minimum Gasteiger partial charge on any atom is -0.303 e. The second kappa shape index (κ2) is 6.27. The highest BCUT2D eigenvalue weighted by atomic mass is 14.9. The molecule has 0 saturated carbocycles. The van der Waals surface area contributed by atoms with E-state index >= 15 is 0 Å². The van der Waals surface area contributed by atoms with Crippen molar-refractivity contribution in [2.24, 2.45) is 0 Å². The van der Waals surface area contributed by atoms with Crippen LogP contribution < -0.4 is 5.32 Å². The molecule has 1 heteroatoms. The number of rotatable bonds is 5. The van der Waals surface area contributed by atoms with Gasteiger partial charge in [0.25, 0.3) is 0 Å². The van der Waals surface area contributed by atoms with E-state index in [0.29, 0.717) is 5.92 Å². The lowest BCUT2D eigenvalue weighted by Crippen LogP contribution is -2.30. The average molecular weight is 201 g/mol. The van der Waals surface area contributed by atoms with Crippen molar-refractivity contribution in [3.05, 3.63) is 35.9 Å². The van der Waals surface area contributed by atoms with Gasteiger partial charge in [0.15, 0.2) is 0 Å². The lowest BCUT2D eigenvalue weighted by Gasteiger charge is -2.16. The summed E-state index contributed by atoms with van der Waals surface area (Å²) in [6.07, 6.45) is 6.38. The molecule has 0 aliphatic rings. The largest absolute Gasteiger partial charge is 0.303 e. The summed E-state index contributed by atoms with van der Waals surface area (Å²) in [7, 11) is 0. The Kier molecular flexibility index (Phi) is 4.93. The van der Waals surface area contributed by atoms with Gasteiger partial charge in [0.1, 0.15) is 0 Å². The molecule has 0 amide bonds. The van der Waals surface area contributed by atoms with Crippen LogP contribution in [0.3, 0.4) is 0 Å². The SMILES string of the molecule is C#CC(CC)NCC(C)c1ccccc1. The first-order chi connectivity index (χ1) is 7.27.